The van der Waals surface area contributed by atoms with Crippen LogP contribution < -0.4 is 9.47 Å². The first-order chi connectivity index (χ1) is 9.56. The van der Waals surface area contributed by atoms with Crippen molar-refractivity contribution in [1.29, 1.82) is 0 Å². The normalized spacial score (nSPS) is 10.2. The smallest absolute Gasteiger partial charge is 0.196 e. The van der Waals surface area contributed by atoms with Crippen molar-refractivity contribution in [1.82, 2.24) is 0 Å². The minimum absolute atomic E-state index is 0.0659. The van der Waals surface area contributed by atoms with E-state index in [0.29, 0.717) is 0 Å². The first-order valence-electron chi connectivity index (χ1n) is 5.78. The zero-order chi connectivity index (χ0) is 14.7. The standard InChI is InChI=1S/C15H12F2O3/c1-19-13-7-11(12(17)8-14(13)20-2)15(18)9-4-3-5-10(16)6-9/h3-8H,1-2H3. The van der Waals surface area contributed by atoms with E-state index in [-0.39, 0.29) is 22.6 Å². The van der Waals surface area contributed by atoms with Gasteiger partial charge >= 0.3 is 0 Å². The van der Waals surface area contributed by atoms with Gasteiger partial charge in [-0.25, -0.2) is 8.78 Å². The first kappa shape index (κ1) is 14.0. The highest BCUT2D eigenvalue weighted by Crippen LogP contribution is 2.30. The van der Waals surface area contributed by atoms with Gasteiger partial charge in [0.1, 0.15) is 11.6 Å². The Morgan fingerprint density at radius 2 is 1.65 bits per heavy atom. The minimum Gasteiger partial charge on any atom is -0.493 e. The summed E-state index contributed by atoms with van der Waals surface area (Å²) in [5.41, 5.74) is -0.135. The summed E-state index contributed by atoms with van der Waals surface area (Å²) in [6.07, 6.45) is 0. The van der Waals surface area contributed by atoms with Gasteiger partial charge in [-0.15, -0.1) is 0 Å². The van der Waals surface area contributed by atoms with Crippen LogP contribution in [0.2, 0.25) is 0 Å². The lowest BCUT2D eigenvalue weighted by molar-refractivity contribution is 0.103. The van der Waals surface area contributed by atoms with E-state index in [4.69, 9.17) is 9.47 Å². The number of hydrogen-bond acceptors (Lipinski definition) is 3. The largest absolute Gasteiger partial charge is 0.493 e. The number of rotatable bonds is 4. The molecule has 0 aliphatic rings. The molecule has 0 aliphatic heterocycles. The summed E-state index contributed by atoms with van der Waals surface area (Å²) in [4.78, 5) is 12.2. The van der Waals surface area contributed by atoms with E-state index in [9.17, 15) is 13.6 Å². The molecule has 0 aliphatic carbocycles. The van der Waals surface area contributed by atoms with Gasteiger partial charge in [-0.3, -0.25) is 4.79 Å². The van der Waals surface area contributed by atoms with Crippen LogP contribution in [0, 0.1) is 11.6 Å². The monoisotopic (exact) mass is 278 g/mol. The quantitative estimate of drug-likeness (QED) is 0.806. The van der Waals surface area contributed by atoms with E-state index < -0.39 is 17.4 Å². The molecule has 2 rings (SSSR count). The number of methoxy groups -OCH3 is 2. The van der Waals surface area contributed by atoms with E-state index in [2.05, 4.69) is 0 Å². The highest BCUT2D eigenvalue weighted by molar-refractivity contribution is 6.09. The second-order valence-electron chi connectivity index (χ2n) is 4.03. The van der Waals surface area contributed by atoms with Gasteiger partial charge in [0.05, 0.1) is 19.8 Å². The van der Waals surface area contributed by atoms with Crippen LogP contribution in [0.5, 0.6) is 11.5 Å². The molecule has 0 N–H and O–H groups in total. The number of benzene rings is 2. The van der Waals surface area contributed by atoms with Gasteiger partial charge in [-0.1, -0.05) is 12.1 Å². The molecule has 0 radical (unpaired) electrons. The Hall–Kier alpha value is -2.43. The van der Waals surface area contributed by atoms with Crippen LogP contribution in [0.3, 0.4) is 0 Å². The number of ketones is 1. The summed E-state index contributed by atoms with van der Waals surface area (Å²) in [5, 5.41) is 0. The van der Waals surface area contributed by atoms with E-state index in [1.807, 2.05) is 0 Å². The molecule has 0 amide bonds. The van der Waals surface area contributed by atoms with E-state index in [1.165, 1.54) is 38.5 Å². The molecule has 0 bridgehead atoms. The molecule has 0 atom stereocenters. The number of carbonyl (C=O) groups excluding carboxylic acids is 1. The molecule has 0 fully saturated rings. The maximum atomic E-state index is 13.9. The summed E-state index contributed by atoms with van der Waals surface area (Å²) >= 11 is 0. The van der Waals surface area contributed by atoms with Crippen LogP contribution in [0.1, 0.15) is 15.9 Å². The Morgan fingerprint density at radius 1 is 1.00 bits per heavy atom. The van der Waals surface area contributed by atoms with Crippen LogP contribution in [0.25, 0.3) is 0 Å². The fraction of sp³-hybridized carbons (Fsp3) is 0.133. The Bertz CT molecular complexity index is 654. The topological polar surface area (TPSA) is 35.5 Å². The average molecular weight is 278 g/mol. The van der Waals surface area contributed by atoms with Gasteiger partial charge in [0.15, 0.2) is 17.3 Å². The Balaban J connectivity index is 2.49. The van der Waals surface area contributed by atoms with Crippen molar-refractivity contribution in [3.8, 4) is 11.5 Å². The molecule has 0 saturated heterocycles. The van der Waals surface area contributed by atoms with Gasteiger partial charge < -0.3 is 9.47 Å². The first-order valence-corrected chi connectivity index (χ1v) is 5.78. The number of carbonyl (C=O) groups is 1. The zero-order valence-electron chi connectivity index (χ0n) is 10.9. The molecule has 20 heavy (non-hydrogen) atoms. The Labute approximate surface area is 114 Å². The molecular formula is C15H12F2O3. The van der Waals surface area contributed by atoms with E-state index >= 15 is 0 Å². The summed E-state index contributed by atoms with van der Waals surface area (Å²) in [6.45, 7) is 0. The predicted octanol–water partition coefficient (Wildman–Crippen LogP) is 3.21. The van der Waals surface area contributed by atoms with Crippen molar-refractivity contribution in [2.45, 2.75) is 0 Å². The van der Waals surface area contributed by atoms with Gasteiger partial charge in [-0.2, -0.15) is 0 Å². The SMILES string of the molecule is COc1cc(F)c(C(=O)c2cccc(F)c2)cc1OC. The van der Waals surface area contributed by atoms with Gasteiger partial charge in [0, 0.05) is 11.6 Å². The second kappa shape index (κ2) is 5.69. The number of hydrogen-bond donors (Lipinski definition) is 0. The molecule has 2 aromatic rings. The maximum Gasteiger partial charge on any atom is 0.196 e. The molecule has 0 saturated carbocycles. The second-order valence-corrected chi connectivity index (χ2v) is 4.03. The molecule has 3 nitrogen and oxygen atoms in total. The third-order valence-electron chi connectivity index (χ3n) is 2.80. The van der Waals surface area contributed by atoms with Gasteiger partial charge in [0.2, 0.25) is 0 Å². The van der Waals surface area contributed by atoms with E-state index in [1.54, 1.807) is 0 Å². The van der Waals surface area contributed by atoms with Crippen LogP contribution in [-0.2, 0) is 0 Å². The molecule has 0 aromatic heterocycles. The van der Waals surface area contributed by atoms with Crippen LogP contribution in [-0.4, -0.2) is 20.0 Å². The van der Waals surface area contributed by atoms with E-state index in [0.717, 1.165) is 12.1 Å². The fourth-order valence-electron chi connectivity index (χ4n) is 1.81. The molecule has 0 unspecified atom stereocenters. The molecule has 0 spiro atoms. The third-order valence-corrected chi connectivity index (χ3v) is 2.80. The fourth-order valence-corrected chi connectivity index (χ4v) is 1.81. The van der Waals surface area contributed by atoms with Crippen molar-refractivity contribution in [3.05, 3.63) is 59.2 Å². The molecule has 2 aromatic carbocycles. The molecule has 0 heterocycles. The summed E-state index contributed by atoms with van der Waals surface area (Å²) < 4.78 is 37.0. The molecule has 5 heteroatoms. The van der Waals surface area contributed by atoms with Crippen LogP contribution >= 0.6 is 0 Å². The van der Waals surface area contributed by atoms with Crippen LogP contribution in [0.15, 0.2) is 36.4 Å². The predicted molar refractivity (Wildman–Crippen MR) is 69.3 cm³/mol. The highest BCUT2D eigenvalue weighted by Gasteiger charge is 2.18. The number of halogens is 2. The van der Waals surface area contributed by atoms with Gasteiger partial charge in [0.25, 0.3) is 0 Å². The Morgan fingerprint density at radius 3 is 2.25 bits per heavy atom. The average Bonchev–Trinajstić information content (AvgIpc) is 2.46. The lowest BCUT2D eigenvalue weighted by Gasteiger charge is -2.10. The minimum atomic E-state index is -0.753. The summed E-state index contributed by atoms with van der Waals surface area (Å²) in [6, 6.07) is 7.37. The van der Waals surface area contributed by atoms with Crippen molar-refractivity contribution in [3.63, 3.8) is 0 Å². The lowest BCUT2D eigenvalue weighted by Crippen LogP contribution is -2.06. The Kier molecular flexibility index (Phi) is 3.98. The lowest BCUT2D eigenvalue weighted by atomic mass is 10.0. The van der Waals surface area contributed by atoms with Gasteiger partial charge in [-0.05, 0) is 18.2 Å². The number of ether oxygens (including phenoxy) is 2. The molecular weight excluding hydrogens is 266 g/mol. The van der Waals surface area contributed by atoms with Crippen molar-refractivity contribution < 1.29 is 23.0 Å². The van der Waals surface area contributed by atoms with Crippen molar-refractivity contribution in [2.24, 2.45) is 0 Å². The summed E-state index contributed by atoms with van der Waals surface area (Å²) in [5.74, 6) is -1.52. The maximum absolute atomic E-state index is 13.9. The van der Waals surface area contributed by atoms with Crippen molar-refractivity contribution in [2.75, 3.05) is 14.2 Å². The highest BCUT2D eigenvalue weighted by atomic mass is 19.1. The summed E-state index contributed by atoms with van der Waals surface area (Å²) in [7, 11) is 2.75. The third kappa shape index (κ3) is 2.61. The van der Waals surface area contributed by atoms with Crippen molar-refractivity contribution >= 4 is 5.78 Å². The van der Waals surface area contributed by atoms with Crippen LogP contribution in [0.4, 0.5) is 8.78 Å². The zero-order valence-corrected chi connectivity index (χ0v) is 10.9. The molecule has 104 valence electrons.